The zero-order valence-electron chi connectivity index (χ0n) is 8.73. The summed E-state index contributed by atoms with van der Waals surface area (Å²) in [5.41, 5.74) is 0.925. The van der Waals surface area contributed by atoms with Crippen LogP contribution in [0.2, 0.25) is 0 Å². The normalized spacial score (nSPS) is 9.40. The molecule has 0 heterocycles. The van der Waals surface area contributed by atoms with Gasteiger partial charge in [-0.3, -0.25) is 0 Å². The van der Waals surface area contributed by atoms with Crippen LogP contribution in [0.1, 0.15) is 12.5 Å². The molecular formula is C12H14O3. The highest BCUT2D eigenvalue weighted by molar-refractivity contribution is 5.81. The quantitative estimate of drug-likeness (QED) is 0.548. The average Bonchev–Trinajstić information content (AvgIpc) is 2.28. The van der Waals surface area contributed by atoms with E-state index in [1.165, 1.54) is 0 Å². The van der Waals surface area contributed by atoms with Crippen molar-refractivity contribution in [2.24, 2.45) is 0 Å². The lowest BCUT2D eigenvalue weighted by molar-refractivity contribution is -0.138. The van der Waals surface area contributed by atoms with Gasteiger partial charge in [-0.1, -0.05) is 18.7 Å². The smallest absolute Gasteiger partial charge is 0.330 e. The molecule has 80 valence electrons. The van der Waals surface area contributed by atoms with E-state index in [-0.39, 0.29) is 6.61 Å². The van der Waals surface area contributed by atoms with E-state index in [1.54, 1.807) is 0 Å². The van der Waals surface area contributed by atoms with Gasteiger partial charge in [0, 0.05) is 6.08 Å². The minimum absolute atomic E-state index is 0.261. The molecule has 0 aliphatic carbocycles. The molecule has 0 bridgehead atoms. The Morgan fingerprint density at radius 1 is 1.40 bits per heavy atom. The molecule has 3 heteroatoms. The van der Waals surface area contributed by atoms with Crippen LogP contribution in [0, 0.1) is 0 Å². The number of hydrogen-bond donors (Lipinski definition) is 0. The van der Waals surface area contributed by atoms with E-state index in [0.717, 1.165) is 17.4 Å². The van der Waals surface area contributed by atoms with Crippen LogP contribution in [-0.2, 0) is 16.1 Å². The van der Waals surface area contributed by atoms with Gasteiger partial charge in [0.05, 0.1) is 6.61 Å². The summed E-state index contributed by atoms with van der Waals surface area (Å²) in [6, 6.07) is 7.42. The summed E-state index contributed by atoms with van der Waals surface area (Å²) >= 11 is 0. The summed E-state index contributed by atoms with van der Waals surface area (Å²) in [6.45, 7) is 6.15. The van der Waals surface area contributed by atoms with Crippen molar-refractivity contribution < 1.29 is 14.3 Å². The third kappa shape index (κ3) is 3.85. The molecule has 0 saturated carbocycles. The Hall–Kier alpha value is -1.77. The van der Waals surface area contributed by atoms with Crippen LogP contribution in [-0.4, -0.2) is 12.6 Å². The number of carbonyl (C=O) groups is 1. The number of benzene rings is 1. The molecule has 0 saturated heterocycles. The molecule has 0 amide bonds. The molecule has 0 fully saturated rings. The van der Waals surface area contributed by atoms with E-state index in [9.17, 15) is 4.79 Å². The van der Waals surface area contributed by atoms with E-state index >= 15 is 0 Å². The highest BCUT2D eigenvalue weighted by Crippen LogP contribution is 2.12. The van der Waals surface area contributed by atoms with Crippen molar-refractivity contribution in [3.05, 3.63) is 42.5 Å². The molecule has 1 rings (SSSR count). The summed E-state index contributed by atoms with van der Waals surface area (Å²) in [5, 5.41) is 0. The summed E-state index contributed by atoms with van der Waals surface area (Å²) in [6.07, 6.45) is 1.15. The van der Waals surface area contributed by atoms with Crippen LogP contribution in [0.4, 0.5) is 0 Å². The average molecular weight is 206 g/mol. The van der Waals surface area contributed by atoms with Gasteiger partial charge in [-0.15, -0.1) is 0 Å². The van der Waals surface area contributed by atoms with E-state index in [2.05, 4.69) is 6.58 Å². The SMILES string of the molecule is C=CC(=O)OCc1ccc(OCC)cc1. The molecule has 0 radical (unpaired) electrons. The molecule has 0 atom stereocenters. The van der Waals surface area contributed by atoms with E-state index in [0.29, 0.717) is 6.61 Å². The Kier molecular flexibility index (Phi) is 4.41. The molecule has 0 spiro atoms. The Balaban J connectivity index is 2.49. The fourth-order valence-corrected chi connectivity index (χ4v) is 1.06. The van der Waals surface area contributed by atoms with Crippen molar-refractivity contribution in [1.82, 2.24) is 0 Å². The van der Waals surface area contributed by atoms with Crippen LogP contribution in [0.15, 0.2) is 36.9 Å². The van der Waals surface area contributed by atoms with Gasteiger partial charge in [0.15, 0.2) is 0 Å². The molecule has 0 N–H and O–H groups in total. The molecule has 15 heavy (non-hydrogen) atoms. The second-order valence-corrected chi connectivity index (χ2v) is 2.89. The minimum atomic E-state index is -0.413. The largest absolute Gasteiger partial charge is 0.494 e. The fraction of sp³-hybridized carbons (Fsp3) is 0.250. The number of esters is 1. The Labute approximate surface area is 89.3 Å². The number of carbonyl (C=O) groups excluding carboxylic acids is 1. The van der Waals surface area contributed by atoms with Gasteiger partial charge in [-0.2, -0.15) is 0 Å². The van der Waals surface area contributed by atoms with Crippen molar-refractivity contribution in [3.63, 3.8) is 0 Å². The van der Waals surface area contributed by atoms with Gasteiger partial charge >= 0.3 is 5.97 Å². The van der Waals surface area contributed by atoms with Crippen molar-refractivity contribution >= 4 is 5.97 Å². The van der Waals surface area contributed by atoms with Crippen molar-refractivity contribution in [3.8, 4) is 5.75 Å². The minimum Gasteiger partial charge on any atom is -0.494 e. The van der Waals surface area contributed by atoms with Crippen LogP contribution in [0.5, 0.6) is 5.75 Å². The first kappa shape index (κ1) is 11.3. The first-order valence-corrected chi connectivity index (χ1v) is 4.77. The van der Waals surface area contributed by atoms with Crippen molar-refractivity contribution in [2.75, 3.05) is 6.61 Å². The molecule has 1 aromatic rings. The molecule has 0 aliphatic heterocycles. The number of ether oxygens (including phenoxy) is 2. The zero-order valence-corrected chi connectivity index (χ0v) is 8.73. The molecule has 0 aromatic heterocycles. The highest BCUT2D eigenvalue weighted by Gasteiger charge is 1.98. The first-order chi connectivity index (χ1) is 7.26. The molecular weight excluding hydrogens is 192 g/mol. The van der Waals surface area contributed by atoms with E-state index in [4.69, 9.17) is 9.47 Å². The second kappa shape index (κ2) is 5.86. The summed E-state index contributed by atoms with van der Waals surface area (Å²) in [5.74, 6) is 0.403. The van der Waals surface area contributed by atoms with Crippen LogP contribution in [0.3, 0.4) is 0 Å². The maximum absolute atomic E-state index is 10.8. The van der Waals surface area contributed by atoms with Gasteiger partial charge in [-0.05, 0) is 24.6 Å². The van der Waals surface area contributed by atoms with Crippen molar-refractivity contribution in [2.45, 2.75) is 13.5 Å². The van der Waals surface area contributed by atoms with Crippen LogP contribution < -0.4 is 4.74 Å². The summed E-state index contributed by atoms with van der Waals surface area (Å²) in [4.78, 5) is 10.8. The van der Waals surface area contributed by atoms with E-state index in [1.807, 2.05) is 31.2 Å². The van der Waals surface area contributed by atoms with Crippen LogP contribution >= 0.6 is 0 Å². The Morgan fingerprint density at radius 2 is 2.07 bits per heavy atom. The fourth-order valence-electron chi connectivity index (χ4n) is 1.06. The van der Waals surface area contributed by atoms with E-state index < -0.39 is 5.97 Å². The van der Waals surface area contributed by atoms with Crippen molar-refractivity contribution in [1.29, 1.82) is 0 Å². The summed E-state index contributed by atoms with van der Waals surface area (Å²) in [7, 11) is 0. The predicted octanol–water partition coefficient (Wildman–Crippen LogP) is 2.31. The van der Waals surface area contributed by atoms with Gasteiger partial charge in [0.25, 0.3) is 0 Å². The lowest BCUT2D eigenvalue weighted by Crippen LogP contribution is -2.00. The predicted molar refractivity (Wildman–Crippen MR) is 57.6 cm³/mol. The molecule has 1 aromatic carbocycles. The standard InChI is InChI=1S/C12H14O3/c1-3-12(13)15-9-10-5-7-11(8-6-10)14-4-2/h3,5-8H,1,4,9H2,2H3. The molecule has 0 aliphatic rings. The Morgan fingerprint density at radius 3 is 2.60 bits per heavy atom. The highest BCUT2D eigenvalue weighted by atomic mass is 16.5. The Bertz CT molecular complexity index is 327. The topological polar surface area (TPSA) is 35.5 Å². The third-order valence-electron chi connectivity index (χ3n) is 1.78. The van der Waals surface area contributed by atoms with Gasteiger partial charge in [-0.25, -0.2) is 4.79 Å². The summed E-state index contributed by atoms with van der Waals surface area (Å²) < 4.78 is 10.2. The number of rotatable bonds is 5. The van der Waals surface area contributed by atoms with Gasteiger partial charge in [0.2, 0.25) is 0 Å². The molecule has 3 nitrogen and oxygen atoms in total. The van der Waals surface area contributed by atoms with Gasteiger partial charge in [0.1, 0.15) is 12.4 Å². The monoisotopic (exact) mass is 206 g/mol. The maximum Gasteiger partial charge on any atom is 0.330 e. The molecule has 0 unspecified atom stereocenters. The third-order valence-corrected chi connectivity index (χ3v) is 1.78. The maximum atomic E-state index is 10.8. The zero-order chi connectivity index (χ0) is 11.1. The van der Waals surface area contributed by atoms with Gasteiger partial charge < -0.3 is 9.47 Å². The second-order valence-electron chi connectivity index (χ2n) is 2.89. The first-order valence-electron chi connectivity index (χ1n) is 4.77. The number of hydrogen-bond acceptors (Lipinski definition) is 3. The lowest BCUT2D eigenvalue weighted by atomic mass is 10.2. The lowest BCUT2D eigenvalue weighted by Gasteiger charge is -2.05. The van der Waals surface area contributed by atoms with Crippen LogP contribution in [0.25, 0.3) is 0 Å².